The van der Waals surface area contributed by atoms with Gasteiger partial charge in [0, 0.05) is 13.1 Å². The molecular weight excluding hydrogens is 929 g/mol. The lowest BCUT2D eigenvalue weighted by atomic mass is 9.63. The van der Waals surface area contributed by atoms with Crippen LogP contribution in [-0.4, -0.2) is 78.9 Å². The number of H-pyrrole nitrogens is 2. The van der Waals surface area contributed by atoms with E-state index in [1.54, 1.807) is 48.5 Å². The zero-order chi connectivity index (χ0) is 51.0. The Morgan fingerprint density at radius 3 is 1.58 bits per heavy atom. The van der Waals surface area contributed by atoms with Gasteiger partial charge < -0.3 is 39.9 Å². The molecule has 4 amide bonds. The van der Waals surface area contributed by atoms with E-state index >= 15 is 0 Å². The summed E-state index contributed by atoms with van der Waals surface area (Å²) in [6.45, 7) is 8.87. The van der Waals surface area contributed by atoms with Crippen molar-refractivity contribution in [2.24, 2.45) is 11.8 Å². The summed E-state index contributed by atoms with van der Waals surface area (Å²) in [7, 11) is 0. The maximum absolute atomic E-state index is 14.2. The summed E-state index contributed by atoms with van der Waals surface area (Å²) in [6.07, 6.45) is 8.52. The van der Waals surface area contributed by atoms with Gasteiger partial charge in [-0.05, 0) is 150 Å². The van der Waals surface area contributed by atoms with Crippen molar-refractivity contribution >= 4 is 35.0 Å². The Hall–Kier alpha value is -7.74. The lowest BCUT2D eigenvalue weighted by Crippen LogP contribution is -2.51. The number of likely N-dealkylation sites (tertiary alicyclic amines) is 2. The molecule has 0 radical (unpaired) electrons. The molecule has 2 saturated heterocycles. The number of rotatable bonds is 13. The second kappa shape index (κ2) is 20.6. The number of hydrogen-bond acceptors (Lipinski definition) is 8. The largest absolute Gasteiger partial charge is 0.413 e. The molecular formula is C60H64N8O6. The summed E-state index contributed by atoms with van der Waals surface area (Å²) in [4.78, 5) is 74.8. The maximum Gasteiger partial charge on any atom is 0.413 e. The number of amides is 4. The first-order chi connectivity index (χ1) is 36.0. The van der Waals surface area contributed by atoms with E-state index in [9.17, 15) is 19.2 Å². The second-order valence-corrected chi connectivity index (χ2v) is 21.2. The average molecular weight is 993 g/mol. The number of aromatic nitrogens is 4. The van der Waals surface area contributed by atoms with Crippen molar-refractivity contribution in [1.29, 1.82) is 0 Å². The first kappa shape index (κ1) is 48.5. The topological polar surface area (TPSA) is 175 Å². The lowest BCUT2D eigenvalue weighted by molar-refractivity contribution is -0.136. The van der Waals surface area contributed by atoms with Crippen LogP contribution in [0.3, 0.4) is 0 Å². The smallest absolute Gasteiger partial charge is 0.410 e. The molecule has 5 aliphatic rings. The molecule has 0 spiro atoms. The van der Waals surface area contributed by atoms with Crippen LogP contribution in [0.5, 0.6) is 11.5 Å². The predicted molar refractivity (Wildman–Crippen MR) is 284 cm³/mol. The number of ether oxygens (including phenoxy) is 2. The van der Waals surface area contributed by atoms with Gasteiger partial charge in [0.05, 0.1) is 35.0 Å². The van der Waals surface area contributed by atoms with E-state index in [4.69, 9.17) is 19.4 Å². The van der Waals surface area contributed by atoms with Crippen LogP contribution in [0.1, 0.15) is 126 Å². The number of nitrogens with zero attached hydrogens (tertiary/aromatic N) is 4. The third kappa shape index (κ3) is 9.65. The quantitative estimate of drug-likeness (QED) is 0.0883. The van der Waals surface area contributed by atoms with Crippen LogP contribution in [0.4, 0.5) is 9.59 Å². The first-order valence-corrected chi connectivity index (χ1v) is 26.5. The van der Waals surface area contributed by atoms with Crippen molar-refractivity contribution < 1.29 is 28.7 Å². The fourth-order valence-corrected chi connectivity index (χ4v) is 12.0. The highest BCUT2D eigenvalue weighted by atomic mass is 16.6. The van der Waals surface area contributed by atoms with Gasteiger partial charge in [0.2, 0.25) is 11.8 Å². The SMILES string of the molecule is CC(C)[C@H](NC(=O)Oc1ccccc1)C(=O)N1CCC[C@H]1c1ncc(-c2ccc(-c3ccc(-c4ccc5nc([C@@H]6CCCN6C(=O)[C@@H](NC(=O)Oc6ccccc6)C(C)C)[nH]c5c4)c4c3C3CCC4CC3)cc2)[nH]1. The molecule has 7 aromatic rings. The monoisotopic (exact) mass is 992 g/mol. The summed E-state index contributed by atoms with van der Waals surface area (Å²) in [5.74, 6) is 2.71. The number of aromatic amines is 2. The maximum atomic E-state index is 14.2. The number of hydrogen-bond donors (Lipinski definition) is 4. The predicted octanol–water partition coefficient (Wildman–Crippen LogP) is 12.0. The highest BCUT2D eigenvalue weighted by molar-refractivity contribution is 5.89. The Morgan fingerprint density at radius 2 is 1.05 bits per heavy atom. The van der Waals surface area contributed by atoms with Gasteiger partial charge in [0.1, 0.15) is 35.2 Å². The van der Waals surface area contributed by atoms with E-state index in [-0.39, 0.29) is 35.7 Å². The molecule has 4 N–H and O–H groups in total. The molecule has 3 fully saturated rings. The molecule has 3 aliphatic carbocycles. The fraction of sp³-hybridized carbons (Fsp3) is 0.367. The fourth-order valence-electron chi connectivity index (χ4n) is 12.0. The van der Waals surface area contributed by atoms with Crippen molar-refractivity contribution in [2.45, 2.75) is 115 Å². The Bertz CT molecular complexity index is 3180. The molecule has 380 valence electrons. The van der Waals surface area contributed by atoms with Crippen molar-refractivity contribution in [3.8, 4) is 45.0 Å². The van der Waals surface area contributed by atoms with E-state index < -0.39 is 24.3 Å². The van der Waals surface area contributed by atoms with Crippen LogP contribution in [-0.2, 0) is 9.59 Å². The molecule has 2 bridgehead atoms. The van der Waals surface area contributed by atoms with Gasteiger partial charge in [0.15, 0.2) is 0 Å². The van der Waals surface area contributed by atoms with Gasteiger partial charge >= 0.3 is 12.2 Å². The molecule has 0 unspecified atom stereocenters. The van der Waals surface area contributed by atoms with E-state index in [1.807, 2.05) is 55.8 Å². The molecule has 1 saturated carbocycles. The Morgan fingerprint density at radius 1 is 0.568 bits per heavy atom. The molecule has 5 aromatic carbocycles. The van der Waals surface area contributed by atoms with Gasteiger partial charge in [-0.2, -0.15) is 0 Å². The van der Waals surface area contributed by atoms with E-state index in [1.165, 1.54) is 53.5 Å². The standard InChI is InChI=1S/C60H64N8O6/c1-35(2)53(65-59(71)73-42-13-7-5-8-14-42)57(69)67-31-11-17-49(67)55-61-34-48(64-55)38-21-19-37(20-22-38)44-28-29-45(52-40-25-23-39(24-26-40)51(44)52)41-27-30-46-47(33-41)63-56(62-46)50-18-12-32-68(50)58(70)54(36(3)4)66-60(72)74-43-15-9-6-10-16-43/h5-10,13-16,19-22,27-30,33-36,39-40,49-50,53-54H,11-12,17-18,23-26,31-32H2,1-4H3,(H,61,64)(H,62,63)(H,65,71)(H,66,72)/t39?,40?,49-,50-,53-,54-/m0/s1. The second-order valence-electron chi connectivity index (χ2n) is 21.2. The number of nitrogens with one attached hydrogen (secondary N) is 4. The normalized spacial score (nSPS) is 19.9. The number of carbonyl (C=O) groups is 4. The van der Waals surface area contributed by atoms with Gasteiger partial charge in [-0.1, -0.05) is 107 Å². The first-order valence-electron chi connectivity index (χ1n) is 26.5. The zero-order valence-corrected chi connectivity index (χ0v) is 42.5. The van der Waals surface area contributed by atoms with Crippen LogP contribution >= 0.6 is 0 Å². The third-order valence-electron chi connectivity index (χ3n) is 15.8. The molecule has 12 rings (SSSR count). The molecule has 4 atom stereocenters. The van der Waals surface area contributed by atoms with Crippen LogP contribution < -0.4 is 20.1 Å². The van der Waals surface area contributed by atoms with E-state index in [2.05, 4.69) is 75.2 Å². The van der Waals surface area contributed by atoms with Crippen LogP contribution in [0.15, 0.2) is 121 Å². The van der Waals surface area contributed by atoms with Crippen molar-refractivity contribution in [1.82, 2.24) is 40.4 Å². The Kier molecular flexibility index (Phi) is 13.5. The summed E-state index contributed by atoms with van der Waals surface area (Å²) in [5.41, 5.74) is 11.5. The van der Waals surface area contributed by atoms with Gasteiger partial charge in [-0.3, -0.25) is 9.59 Å². The van der Waals surface area contributed by atoms with Crippen LogP contribution in [0.2, 0.25) is 0 Å². The van der Waals surface area contributed by atoms with Gasteiger partial charge in [0.25, 0.3) is 0 Å². The summed E-state index contributed by atoms with van der Waals surface area (Å²) in [6, 6.07) is 35.6. The molecule has 2 aliphatic heterocycles. The minimum absolute atomic E-state index is 0.141. The van der Waals surface area contributed by atoms with Crippen molar-refractivity contribution in [3.63, 3.8) is 0 Å². The number of para-hydroxylation sites is 2. The number of carbonyl (C=O) groups excluding carboxylic acids is 4. The van der Waals surface area contributed by atoms with E-state index in [0.717, 1.165) is 65.2 Å². The Labute approximate surface area is 431 Å². The Balaban J connectivity index is 0.802. The lowest BCUT2D eigenvalue weighted by Gasteiger charge is -2.41. The molecule has 14 nitrogen and oxygen atoms in total. The zero-order valence-electron chi connectivity index (χ0n) is 42.5. The molecule has 4 heterocycles. The minimum atomic E-state index is -0.752. The highest BCUT2D eigenvalue weighted by Gasteiger charge is 2.40. The third-order valence-corrected chi connectivity index (χ3v) is 15.8. The summed E-state index contributed by atoms with van der Waals surface area (Å²) >= 11 is 0. The number of benzene rings is 5. The van der Waals surface area contributed by atoms with Crippen molar-refractivity contribution in [2.75, 3.05) is 13.1 Å². The number of fused-ring (bicyclic) bond motifs is 3. The van der Waals surface area contributed by atoms with Gasteiger partial charge in [-0.25, -0.2) is 19.6 Å². The van der Waals surface area contributed by atoms with E-state index in [0.29, 0.717) is 36.4 Å². The van der Waals surface area contributed by atoms with Gasteiger partial charge in [-0.15, -0.1) is 0 Å². The summed E-state index contributed by atoms with van der Waals surface area (Å²) < 4.78 is 11.0. The molecule has 2 aromatic heterocycles. The minimum Gasteiger partial charge on any atom is -0.410 e. The van der Waals surface area contributed by atoms with Crippen molar-refractivity contribution in [3.05, 3.63) is 144 Å². The van der Waals surface area contributed by atoms with Crippen LogP contribution in [0.25, 0.3) is 44.5 Å². The highest BCUT2D eigenvalue weighted by Crippen LogP contribution is 2.55. The average Bonchev–Trinajstić information content (AvgIpc) is 4.28. The number of imidazole rings is 2. The van der Waals surface area contributed by atoms with Crippen LogP contribution in [0, 0.1) is 11.8 Å². The molecule has 14 heteroatoms. The summed E-state index contributed by atoms with van der Waals surface area (Å²) in [5, 5.41) is 5.67. The molecule has 74 heavy (non-hydrogen) atoms.